The van der Waals surface area contributed by atoms with Crippen LogP contribution >= 0.6 is 0 Å². The summed E-state index contributed by atoms with van der Waals surface area (Å²) in [5.74, 6) is 2.24. The molecule has 1 unspecified atom stereocenters. The quantitative estimate of drug-likeness (QED) is 0.748. The fourth-order valence-corrected chi connectivity index (χ4v) is 1.19. The molecule has 0 spiro atoms. The van der Waals surface area contributed by atoms with E-state index in [1.807, 2.05) is 19.1 Å². The summed E-state index contributed by atoms with van der Waals surface area (Å²) in [6.45, 7) is 6.83. The summed E-state index contributed by atoms with van der Waals surface area (Å²) >= 11 is 0. The molecule has 3 N–H and O–H groups in total. The van der Waals surface area contributed by atoms with Gasteiger partial charge in [-0.25, -0.2) is 0 Å². The van der Waals surface area contributed by atoms with Gasteiger partial charge in [0.05, 0.1) is 0 Å². The van der Waals surface area contributed by atoms with Gasteiger partial charge < -0.3 is 15.5 Å². The van der Waals surface area contributed by atoms with Gasteiger partial charge in [0.2, 0.25) is 0 Å². The molecule has 74 valence electrons. The average Bonchev–Trinajstić information content (AvgIpc) is 2.46. The third-order valence-electron chi connectivity index (χ3n) is 2.13. The lowest BCUT2D eigenvalue weighted by atomic mass is 10.1. The maximum Gasteiger partial charge on any atom is 0.193 e. The Kier molecular flexibility index (Phi) is 3.37. The summed E-state index contributed by atoms with van der Waals surface area (Å²) in [5, 5.41) is 3.26. The van der Waals surface area contributed by atoms with E-state index in [1.165, 1.54) is 0 Å². The number of furan rings is 1. The molecule has 0 radical (unpaired) electrons. The molecular formula is C10H18N2O. The summed E-state index contributed by atoms with van der Waals surface area (Å²) in [7, 11) is 0. The van der Waals surface area contributed by atoms with Crippen LogP contribution in [0, 0.1) is 12.8 Å². The van der Waals surface area contributed by atoms with Gasteiger partial charge in [-0.2, -0.15) is 0 Å². The molecule has 1 aromatic heterocycles. The van der Waals surface area contributed by atoms with Crippen LogP contribution in [0.1, 0.15) is 19.6 Å². The van der Waals surface area contributed by atoms with E-state index in [0.29, 0.717) is 12.5 Å². The summed E-state index contributed by atoms with van der Waals surface area (Å²) in [6, 6.07) is 4.15. The molecule has 3 nitrogen and oxygen atoms in total. The fraction of sp³-hybridized carbons (Fsp3) is 0.600. The van der Waals surface area contributed by atoms with E-state index < -0.39 is 0 Å². The summed E-state index contributed by atoms with van der Waals surface area (Å²) in [5.41, 5.74) is 5.62. The lowest BCUT2D eigenvalue weighted by Gasteiger charge is -2.19. The molecular weight excluding hydrogens is 164 g/mol. The highest BCUT2D eigenvalue weighted by molar-refractivity contribution is 5.33. The van der Waals surface area contributed by atoms with Crippen LogP contribution in [0.3, 0.4) is 0 Å². The zero-order chi connectivity index (χ0) is 9.84. The third kappa shape index (κ3) is 2.77. The van der Waals surface area contributed by atoms with Gasteiger partial charge in [-0.1, -0.05) is 13.8 Å². The van der Waals surface area contributed by atoms with Crippen LogP contribution < -0.4 is 11.1 Å². The molecule has 1 aromatic rings. The third-order valence-corrected chi connectivity index (χ3v) is 2.13. The van der Waals surface area contributed by atoms with Gasteiger partial charge in [-0.3, -0.25) is 0 Å². The minimum Gasteiger partial charge on any atom is -0.446 e. The van der Waals surface area contributed by atoms with Gasteiger partial charge in [0, 0.05) is 18.7 Å². The maximum absolute atomic E-state index is 5.62. The molecule has 13 heavy (non-hydrogen) atoms. The Morgan fingerprint density at radius 3 is 2.54 bits per heavy atom. The van der Waals surface area contributed by atoms with Gasteiger partial charge in [0.1, 0.15) is 5.76 Å². The Balaban J connectivity index is 2.56. The van der Waals surface area contributed by atoms with Crippen molar-refractivity contribution >= 4 is 5.88 Å². The highest BCUT2D eigenvalue weighted by atomic mass is 16.4. The first kappa shape index (κ1) is 10.1. The predicted octanol–water partition coefficient (Wildman–Crippen LogP) is 1.98. The van der Waals surface area contributed by atoms with E-state index in [0.717, 1.165) is 11.6 Å². The van der Waals surface area contributed by atoms with Crippen molar-refractivity contribution in [1.82, 2.24) is 0 Å². The van der Waals surface area contributed by atoms with Gasteiger partial charge in [0.15, 0.2) is 5.88 Å². The molecule has 0 saturated carbocycles. The monoisotopic (exact) mass is 182 g/mol. The van der Waals surface area contributed by atoms with Crippen molar-refractivity contribution in [2.24, 2.45) is 11.7 Å². The number of aryl methyl sites for hydroxylation is 1. The van der Waals surface area contributed by atoms with Crippen molar-refractivity contribution < 1.29 is 4.42 Å². The number of hydrogen-bond acceptors (Lipinski definition) is 3. The Bertz CT molecular complexity index is 255. The average molecular weight is 182 g/mol. The van der Waals surface area contributed by atoms with E-state index in [9.17, 15) is 0 Å². The zero-order valence-electron chi connectivity index (χ0n) is 8.50. The van der Waals surface area contributed by atoms with Crippen LogP contribution in [0.4, 0.5) is 5.88 Å². The van der Waals surface area contributed by atoms with Crippen LogP contribution in [-0.2, 0) is 0 Å². The van der Waals surface area contributed by atoms with Crippen LogP contribution in [0.25, 0.3) is 0 Å². The first-order valence-corrected chi connectivity index (χ1v) is 4.66. The highest BCUT2D eigenvalue weighted by Gasteiger charge is 2.11. The lowest BCUT2D eigenvalue weighted by molar-refractivity contribution is 0.491. The number of nitrogens with two attached hydrogens (primary N) is 1. The highest BCUT2D eigenvalue weighted by Crippen LogP contribution is 2.15. The van der Waals surface area contributed by atoms with E-state index in [-0.39, 0.29) is 6.04 Å². The largest absolute Gasteiger partial charge is 0.446 e. The molecule has 1 atom stereocenters. The zero-order valence-corrected chi connectivity index (χ0v) is 8.50. The van der Waals surface area contributed by atoms with Crippen molar-refractivity contribution in [2.75, 3.05) is 11.9 Å². The van der Waals surface area contributed by atoms with Crippen LogP contribution in [0.15, 0.2) is 16.5 Å². The predicted molar refractivity (Wildman–Crippen MR) is 54.7 cm³/mol. The Labute approximate surface area is 79.3 Å². The molecule has 1 heterocycles. The first-order chi connectivity index (χ1) is 6.13. The van der Waals surface area contributed by atoms with Crippen molar-refractivity contribution in [3.63, 3.8) is 0 Å². The van der Waals surface area contributed by atoms with Crippen LogP contribution in [0.2, 0.25) is 0 Å². The van der Waals surface area contributed by atoms with Crippen molar-refractivity contribution in [1.29, 1.82) is 0 Å². The summed E-state index contributed by atoms with van der Waals surface area (Å²) in [4.78, 5) is 0. The number of hydrogen-bond donors (Lipinski definition) is 2. The normalized spacial score (nSPS) is 13.3. The van der Waals surface area contributed by atoms with Crippen molar-refractivity contribution in [3.05, 3.63) is 17.9 Å². The fourth-order valence-electron chi connectivity index (χ4n) is 1.19. The van der Waals surface area contributed by atoms with Gasteiger partial charge in [-0.05, 0) is 18.9 Å². The van der Waals surface area contributed by atoms with Crippen LogP contribution in [0.5, 0.6) is 0 Å². The molecule has 1 rings (SSSR count). The van der Waals surface area contributed by atoms with E-state index in [2.05, 4.69) is 19.2 Å². The molecule has 0 aliphatic heterocycles. The summed E-state index contributed by atoms with van der Waals surface area (Å²) < 4.78 is 5.40. The number of rotatable bonds is 4. The van der Waals surface area contributed by atoms with Gasteiger partial charge >= 0.3 is 0 Å². The molecule has 3 heteroatoms. The standard InChI is InChI=1S/C10H18N2O/c1-7(2)9(6-11)12-10-5-4-8(3)13-10/h4-5,7,9,12H,6,11H2,1-3H3. The van der Waals surface area contributed by atoms with E-state index >= 15 is 0 Å². The molecule has 0 fully saturated rings. The second-order valence-corrected chi connectivity index (χ2v) is 3.64. The summed E-state index contributed by atoms with van der Waals surface area (Å²) in [6.07, 6.45) is 0. The Morgan fingerprint density at radius 2 is 2.15 bits per heavy atom. The Morgan fingerprint density at radius 1 is 1.46 bits per heavy atom. The molecule has 0 aliphatic rings. The minimum atomic E-state index is 0.283. The topological polar surface area (TPSA) is 51.2 Å². The first-order valence-electron chi connectivity index (χ1n) is 4.66. The molecule has 0 amide bonds. The smallest absolute Gasteiger partial charge is 0.193 e. The Hall–Kier alpha value is -0.960. The van der Waals surface area contributed by atoms with Gasteiger partial charge in [-0.15, -0.1) is 0 Å². The molecule has 0 aliphatic carbocycles. The van der Waals surface area contributed by atoms with Gasteiger partial charge in [0.25, 0.3) is 0 Å². The lowest BCUT2D eigenvalue weighted by Crippen LogP contribution is -2.33. The SMILES string of the molecule is Cc1ccc(NC(CN)C(C)C)o1. The second kappa shape index (κ2) is 4.33. The second-order valence-electron chi connectivity index (χ2n) is 3.64. The molecule has 0 aromatic carbocycles. The minimum absolute atomic E-state index is 0.283. The van der Waals surface area contributed by atoms with Crippen molar-refractivity contribution in [3.8, 4) is 0 Å². The van der Waals surface area contributed by atoms with E-state index in [4.69, 9.17) is 10.2 Å². The van der Waals surface area contributed by atoms with E-state index in [1.54, 1.807) is 0 Å². The molecule has 0 saturated heterocycles. The molecule has 0 bridgehead atoms. The van der Waals surface area contributed by atoms with Crippen LogP contribution in [-0.4, -0.2) is 12.6 Å². The number of nitrogens with one attached hydrogen (secondary N) is 1. The number of anilines is 1. The maximum atomic E-state index is 5.62. The van der Waals surface area contributed by atoms with Crippen molar-refractivity contribution in [2.45, 2.75) is 26.8 Å².